The summed E-state index contributed by atoms with van der Waals surface area (Å²) in [5, 5.41) is 0. The lowest BCUT2D eigenvalue weighted by Crippen LogP contribution is -1.81. The van der Waals surface area contributed by atoms with E-state index in [9.17, 15) is 0 Å². The lowest BCUT2D eigenvalue weighted by atomic mass is 10.1. The third-order valence-electron chi connectivity index (χ3n) is 2.25. The Morgan fingerprint density at radius 3 is 1.71 bits per heavy atom. The van der Waals surface area contributed by atoms with E-state index in [1.54, 1.807) is 0 Å². The average molecular weight is 234 g/mol. The van der Waals surface area contributed by atoms with Gasteiger partial charge in [-0.2, -0.15) is 0 Å². The van der Waals surface area contributed by atoms with Crippen LogP contribution in [0.1, 0.15) is 65.2 Å². The fraction of sp³-hybridized carbons (Fsp3) is 1.00. The third-order valence-corrected chi connectivity index (χ3v) is 4.82. The Morgan fingerprint density at radius 2 is 1.07 bits per heavy atom. The van der Waals surface area contributed by atoms with Crippen molar-refractivity contribution < 1.29 is 0 Å². The van der Waals surface area contributed by atoms with Gasteiger partial charge in [0.25, 0.3) is 0 Å². The normalized spacial score (nSPS) is 10.7. The van der Waals surface area contributed by atoms with Crippen molar-refractivity contribution in [2.24, 2.45) is 0 Å². The van der Waals surface area contributed by atoms with Gasteiger partial charge in [0.1, 0.15) is 0 Å². The maximum absolute atomic E-state index is 2.28. The van der Waals surface area contributed by atoms with E-state index < -0.39 is 0 Å². The number of hydrogen-bond donors (Lipinski definition) is 0. The highest BCUT2D eigenvalue weighted by atomic mass is 33.1. The molecule has 0 aromatic rings. The van der Waals surface area contributed by atoms with Crippen LogP contribution in [-0.4, -0.2) is 11.5 Å². The highest BCUT2D eigenvalue weighted by Gasteiger charge is 1.92. The largest absolute Gasteiger partial charge is 0.0942 e. The van der Waals surface area contributed by atoms with Crippen molar-refractivity contribution in [3.8, 4) is 0 Å². The van der Waals surface area contributed by atoms with Crippen molar-refractivity contribution in [2.45, 2.75) is 65.2 Å². The predicted molar refractivity (Wildman–Crippen MR) is 73.2 cm³/mol. The maximum Gasteiger partial charge on any atom is 0.00369 e. The summed E-state index contributed by atoms with van der Waals surface area (Å²) in [6, 6.07) is 0. The molecule has 0 rings (SSSR count). The van der Waals surface area contributed by atoms with Gasteiger partial charge in [-0.3, -0.25) is 0 Å². The summed E-state index contributed by atoms with van der Waals surface area (Å²) < 4.78 is 0. The molecule has 0 N–H and O–H groups in total. The van der Waals surface area contributed by atoms with Crippen LogP contribution in [0, 0.1) is 0 Å². The van der Waals surface area contributed by atoms with Crippen molar-refractivity contribution in [1.82, 2.24) is 0 Å². The summed E-state index contributed by atoms with van der Waals surface area (Å²) in [7, 11) is 4.14. The topological polar surface area (TPSA) is 0 Å². The van der Waals surface area contributed by atoms with E-state index in [1.807, 2.05) is 0 Å². The zero-order chi connectivity index (χ0) is 10.5. The molecule has 0 aliphatic rings. The van der Waals surface area contributed by atoms with E-state index in [1.165, 1.54) is 62.9 Å². The minimum Gasteiger partial charge on any atom is -0.0942 e. The molecule has 0 fully saturated rings. The second-order valence-corrected chi connectivity index (χ2v) is 6.47. The van der Waals surface area contributed by atoms with Crippen LogP contribution in [0.25, 0.3) is 0 Å². The molecule has 0 heterocycles. The predicted octanol–water partition coefficient (Wildman–Crippen LogP) is 5.53. The maximum atomic E-state index is 2.28. The van der Waals surface area contributed by atoms with Crippen LogP contribution in [0.4, 0.5) is 0 Å². The molecule has 0 aliphatic heterocycles. The summed E-state index contributed by atoms with van der Waals surface area (Å²) in [4.78, 5) is 0. The fourth-order valence-electron chi connectivity index (χ4n) is 1.26. The molecule has 86 valence electrons. The third kappa shape index (κ3) is 12.7. The standard InChI is InChI=1S/C12H26S2/c1-3-5-7-8-9-10-12-14-13-11-6-4-2/h3-12H2,1-2H3. The quantitative estimate of drug-likeness (QED) is 0.340. The van der Waals surface area contributed by atoms with Crippen LogP contribution < -0.4 is 0 Å². The second kappa shape index (κ2) is 13.7. The summed E-state index contributed by atoms with van der Waals surface area (Å²) in [6.45, 7) is 4.54. The molecule has 0 radical (unpaired) electrons. The van der Waals surface area contributed by atoms with Crippen LogP contribution in [0.5, 0.6) is 0 Å². The Kier molecular flexibility index (Phi) is 14.4. The molecule has 0 aliphatic carbocycles. The Morgan fingerprint density at radius 1 is 0.571 bits per heavy atom. The first-order valence-electron chi connectivity index (χ1n) is 6.16. The van der Waals surface area contributed by atoms with Gasteiger partial charge in [0, 0.05) is 11.5 Å². The molecule has 0 atom stereocenters. The number of rotatable bonds is 11. The molecule has 0 saturated carbocycles. The van der Waals surface area contributed by atoms with Crippen LogP contribution in [0.2, 0.25) is 0 Å². The molecule has 0 spiro atoms. The zero-order valence-electron chi connectivity index (χ0n) is 9.89. The summed E-state index contributed by atoms with van der Waals surface area (Å²) in [5.74, 6) is 2.71. The van der Waals surface area contributed by atoms with Gasteiger partial charge in [-0.05, 0) is 12.8 Å². The summed E-state index contributed by atoms with van der Waals surface area (Å²) >= 11 is 0. The summed E-state index contributed by atoms with van der Waals surface area (Å²) in [6.07, 6.45) is 11.3. The van der Waals surface area contributed by atoms with E-state index in [2.05, 4.69) is 35.4 Å². The van der Waals surface area contributed by atoms with Gasteiger partial charge < -0.3 is 0 Å². The zero-order valence-corrected chi connectivity index (χ0v) is 11.5. The molecular weight excluding hydrogens is 208 g/mol. The molecule has 2 heteroatoms. The average Bonchev–Trinajstić information content (AvgIpc) is 2.21. The Balaban J connectivity index is 2.78. The minimum atomic E-state index is 1.34. The SMILES string of the molecule is CCCCCCCCSSCCCC. The monoisotopic (exact) mass is 234 g/mol. The van der Waals surface area contributed by atoms with Crippen LogP contribution in [-0.2, 0) is 0 Å². The Labute approximate surface area is 98.4 Å². The van der Waals surface area contributed by atoms with Gasteiger partial charge in [0.05, 0.1) is 0 Å². The first kappa shape index (κ1) is 14.7. The van der Waals surface area contributed by atoms with E-state index >= 15 is 0 Å². The van der Waals surface area contributed by atoms with E-state index in [-0.39, 0.29) is 0 Å². The molecule has 0 bridgehead atoms. The van der Waals surface area contributed by atoms with Crippen molar-refractivity contribution in [2.75, 3.05) is 11.5 Å². The van der Waals surface area contributed by atoms with Crippen molar-refractivity contribution in [1.29, 1.82) is 0 Å². The molecule has 0 aromatic heterocycles. The highest BCUT2D eigenvalue weighted by molar-refractivity contribution is 8.76. The van der Waals surface area contributed by atoms with Crippen LogP contribution in [0.3, 0.4) is 0 Å². The number of hydrogen-bond acceptors (Lipinski definition) is 2. The molecular formula is C12H26S2. The highest BCUT2D eigenvalue weighted by Crippen LogP contribution is 2.24. The van der Waals surface area contributed by atoms with Gasteiger partial charge in [-0.15, -0.1) is 0 Å². The fourth-order valence-corrected chi connectivity index (χ4v) is 3.64. The first-order valence-corrected chi connectivity index (χ1v) is 8.65. The molecule has 0 saturated heterocycles. The lowest BCUT2D eigenvalue weighted by molar-refractivity contribution is 0.627. The minimum absolute atomic E-state index is 1.34. The van der Waals surface area contributed by atoms with E-state index in [0.29, 0.717) is 0 Å². The van der Waals surface area contributed by atoms with E-state index in [0.717, 1.165) is 0 Å². The molecule has 0 amide bonds. The lowest BCUT2D eigenvalue weighted by Gasteiger charge is -2.00. The molecule has 0 unspecified atom stereocenters. The Bertz CT molecular complexity index is 82.3. The summed E-state index contributed by atoms with van der Waals surface area (Å²) in [5.41, 5.74) is 0. The van der Waals surface area contributed by atoms with Crippen molar-refractivity contribution in [3.63, 3.8) is 0 Å². The van der Waals surface area contributed by atoms with Gasteiger partial charge in [-0.1, -0.05) is 74.0 Å². The number of unbranched alkanes of at least 4 members (excludes halogenated alkanes) is 6. The molecule has 14 heavy (non-hydrogen) atoms. The molecule has 0 aromatic carbocycles. The molecule has 0 nitrogen and oxygen atoms in total. The van der Waals surface area contributed by atoms with Gasteiger partial charge in [-0.25, -0.2) is 0 Å². The smallest absolute Gasteiger partial charge is 0.00369 e. The van der Waals surface area contributed by atoms with Gasteiger partial charge in [0.2, 0.25) is 0 Å². The Hall–Kier alpha value is 0.700. The van der Waals surface area contributed by atoms with Crippen LogP contribution in [0.15, 0.2) is 0 Å². The first-order chi connectivity index (χ1) is 6.91. The second-order valence-electron chi connectivity index (χ2n) is 3.77. The van der Waals surface area contributed by atoms with E-state index in [4.69, 9.17) is 0 Å². The van der Waals surface area contributed by atoms with Crippen molar-refractivity contribution in [3.05, 3.63) is 0 Å². The van der Waals surface area contributed by atoms with Gasteiger partial charge >= 0.3 is 0 Å². The van der Waals surface area contributed by atoms with Crippen molar-refractivity contribution >= 4 is 21.6 Å². The van der Waals surface area contributed by atoms with Crippen LogP contribution >= 0.6 is 21.6 Å². The van der Waals surface area contributed by atoms with Gasteiger partial charge in [0.15, 0.2) is 0 Å².